The zero-order valence-electron chi connectivity index (χ0n) is 11.5. The van der Waals surface area contributed by atoms with Crippen LogP contribution >= 0.6 is 23.2 Å². The fourth-order valence-corrected chi connectivity index (χ4v) is 2.70. The molecule has 0 saturated heterocycles. The Morgan fingerprint density at radius 3 is 2.14 bits per heavy atom. The van der Waals surface area contributed by atoms with E-state index in [-0.39, 0.29) is 5.75 Å². The lowest BCUT2D eigenvalue weighted by Gasteiger charge is -2.15. The summed E-state index contributed by atoms with van der Waals surface area (Å²) in [5, 5.41) is 0.142. The first-order chi connectivity index (χ1) is 9.88. The lowest BCUT2D eigenvalue weighted by Crippen LogP contribution is -2.02. The van der Waals surface area contributed by atoms with Gasteiger partial charge in [0.25, 0.3) is 0 Å². The topological polar surface area (TPSA) is 9.23 Å². The smallest absolute Gasteiger partial charge is 0.387 e. The van der Waals surface area contributed by atoms with Crippen LogP contribution in [0.2, 0.25) is 5.02 Å². The van der Waals surface area contributed by atoms with Crippen molar-refractivity contribution < 1.29 is 13.5 Å². The van der Waals surface area contributed by atoms with Crippen LogP contribution in [0.5, 0.6) is 5.75 Å². The Hall–Kier alpha value is -1.32. The van der Waals surface area contributed by atoms with Crippen LogP contribution in [0.25, 0.3) is 0 Å². The van der Waals surface area contributed by atoms with E-state index in [1.54, 1.807) is 12.1 Å². The highest BCUT2D eigenvalue weighted by molar-refractivity contribution is 6.33. The van der Waals surface area contributed by atoms with Crippen molar-refractivity contribution in [1.82, 2.24) is 0 Å². The summed E-state index contributed by atoms with van der Waals surface area (Å²) in [4.78, 5) is 0. The van der Waals surface area contributed by atoms with Crippen LogP contribution in [-0.2, 0) is 0 Å². The molecule has 0 aliphatic heterocycles. The number of alkyl halides is 3. The second kappa shape index (κ2) is 6.63. The number of benzene rings is 2. The van der Waals surface area contributed by atoms with Gasteiger partial charge in [-0.15, -0.1) is 11.6 Å². The van der Waals surface area contributed by atoms with Gasteiger partial charge in [-0.2, -0.15) is 8.78 Å². The van der Waals surface area contributed by atoms with Gasteiger partial charge < -0.3 is 4.74 Å². The lowest BCUT2D eigenvalue weighted by atomic mass is 10.00. The molecule has 0 aliphatic rings. The average Bonchev–Trinajstić information content (AvgIpc) is 2.42. The minimum atomic E-state index is -2.84. The Kier molecular flexibility index (Phi) is 5.07. The molecule has 2 aromatic carbocycles. The third-order valence-corrected chi connectivity index (χ3v) is 4.10. The Labute approximate surface area is 132 Å². The van der Waals surface area contributed by atoms with Crippen LogP contribution in [0.15, 0.2) is 36.4 Å². The summed E-state index contributed by atoms with van der Waals surface area (Å²) in [6.07, 6.45) is 0. The Bertz CT molecular complexity index is 627. The van der Waals surface area contributed by atoms with Crippen LogP contribution in [0, 0.1) is 13.8 Å². The maximum Gasteiger partial charge on any atom is 0.387 e. The molecule has 5 heteroatoms. The molecule has 0 bridgehead atoms. The second-order valence-corrected chi connectivity index (χ2v) is 5.61. The summed E-state index contributed by atoms with van der Waals surface area (Å²) in [7, 11) is 0. The second-order valence-electron chi connectivity index (χ2n) is 4.77. The summed E-state index contributed by atoms with van der Waals surface area (Å²) in [5.41, 5.74) is 3.75. The highest BCUT2D eigenvalue weighted by Crippen LogP contribution is 2.35. The van der Waals surface area contributed by atoms with Crippen molar-refractivity contribution in [3.8, 4) is 5.75 Å². The van der Waals surface area contributed by atoms with Crippen molar-refractivity contribution in [3.63, 3.8) is 0 Å². The predicted octanol–water partition coefficient (Wildman–Crippen LogP) is 5.89. The molecule has 1 unspecified atom stereocenters. The Morgan fingerprint density at radius 1 is 1.00 bits per heavy atom. The monoisotopic (exact) mass is 330 g/mol. The molecular formula is C16H14Cl2F2O. The van der Waals surface area contributed by atoms with Crippen LogP contribution < -0.4 is 4.74 Å². The number of halogens is 4. The SMILES string of the molecule is Cc1cc(Cl)c(C(Cl)c2ccc(OC(F)F)cc2)cc1C. The molecular weight excluding hydrogens is 317 g/mol. The first-order valence-corrected chi connectivity index (χ1v) is 7.15. The van der Waals surface area contributed by atoms with Gasteiger partial charge in [0.05, 0.1) is 5.38 Å². The van der Waals surface area contributed by atoms with Gasteiger partial charge in [-0.3, -0.25) is 0 Å². The summed E-state index contributed by atoms with van der Waals surface area (Å²) in [6, 6.07) is 10.0. The van der Waals surface area contributed by atoms with Gasteiger partial charge in [0.1, 0.15) is 5.75 Å². The molecule has 0 radical (unpaired) electrons. The Balaban J connectivity index is 2.27. The van der Waals surface area contributed by atoms with Gasteiger partial charge in [0.15, 0.2) is 0 Å². The van der Waals surface area contributed by atoms with E-state index in [4.69, 9.17) is 23.2 Å². The Morgan fingerprint density at radius 2 is 1.57 bits per heavy atom. The molecule has 0 aliphatic carbocycles. The molecule has 2 rings (SSSR count). The van der Waals surface area contributed by atoms with E-state index < -0.39 is 12.0 Å². The van der Waals surface area contributed by atoms with E-state index in [1.807, 2.05) is 26.0 Å². The van der Waals surface area contributed by atoms with Gasteiger partial charge in [0, 0.05) is 5.02 Å². The highest BCUT2D eigenvalue weighted by Gasteiger charge is 2.16. The molecule has 1 nitrogen and oxygen atoms in total. The van der Waals surface area contributed by atoms with Crippen molar-refractivity contribution in [3.05, 3.63) is 63.7 Å². The fourth-order valence-electron chi connectivity index (χ4n) is 2.00. The largest absolute Gasteiger partial charge is 0.435 e. The van der Waals surface area contributed by atoms with Gasteiger partial charge >= 0.3 is 6.61 Å². The third-order valence-electron chi connectivity index (χ3n) is 3.28. The molecule has 21 heavy (non-hydrogen) atoms. The quantitative estimate of drug-likeness (QED) is 0.635. The normalized spacial score (nSPS) is 12.5. The van der Waals surface area contributed by atoms with Crippen LogP contribution in [0.3, 0.4) is 0 Å². The van der Waals surface area contributed by atoms with E-state index in [0.29, 0.717) is 5.02 Å². The van der Waals surface area contributed by atoms with Gasteiger partial charge in [0.2, 0.25) is 0 Å². The molecule has 0 heterocycles. The zero-order valence-corrected chi connectivity index (χ0v) is 13.1. The molecule has 0 fully saturated rings. The van der Waals surface area contributed by atoms with E-state index >= 15 is 0 Å². The van der Waals surface area contributed by atoms with Crippen molar-refractivity contribution in [2.45, 2.75) is 25.8 Å². The first kappa shape index (κ1) is 16.1. The van der Waals surface area contributed by atoms with Crippen LogP contribution in [0.1, 0.15) is 27.6 Å². The summed E-state index contributed by atoms with van der Waals surface area (Å²) >= 11 is 12.7. The lowest BCUT2D eigenvalue weighted by molar-refractivity contribution is -0.0498. The average molecular weight is 331 g/mol. The molecule has 0 N–H and O–H groups in total. The van der Waals surface area contributed by atoms with Crippen molar-refractivity contribution in [2.75, 3.05) is 0 Å². The molecule has 0 aromatic heterocycles. The van der Waals surface area contributed by atoms with Crippen LogP contribution in [-0.4, -0.2) is 6.61 Å². The van der Waals surface area contributed by atoms with Crippen molar-refractivity contribution in [2.24, 2.45) is 0 Å². The molecule has 0 amide bonds. The predicted molar refractivity (Wildman–Crippen MR) is 81.7 cm³/mol. The minimum Gasteiger partial charge on any atom is -0.435 e. The van der Waals surface area contributed by atoms with E-state index in [9.17, 15) is 8.78 Å². The van der Waals surface area contributed by atoms with Crippen molar-refractivity contribution >= 4 is 23.2 Å². The number of ether oxygens (including phenoxy) is 1. The maximum atomic E-state index is 12.1. The van der Waals surface area contributed by atoms with Crippen molar-refractivity contribution in [1.29, 1.82) is 0 Å². The van der Waals surface area contributed by atoms with Crippen LogP contribution in [0.4, 0.5) is 8.78 Å². The third kappa shape index (κ3) is 3.86. The summed E-state index contributed by atoms with van der Waals surface area (Å²) in [5.74, 6) is 0.101. The van der Waals surface area contributed by atoms with Gasteiger partial charge in [-0.1, -0.05) is 29.8 Å². The molecule has 112 valence electrons. The molecule has 0 spiro atoms. The number of hydrogen-bond acceptors (Lipinski definition) is 1. The maximum absolute atomic E-state index is 12.1. The standard InChI is InChI=1S/C16H14Cl2F2O/c1-9-7-13(14(17)8-10(9)2)15(18)11-3-5-12(6-4-11)21-16(19)20/h3-8,15-16H,1-2H3. The molecule has 1 atom stereocenters. The number of aryl methyl sites for hydroxylation is 2. The zero-order chi connectivity index (χ0) is 15.6. The number of hydrogen-bond donors (Lipinski definition) is 0. The van der Waals surface area contributed by atoms with E-state index in [0.717, 1.165) is 22.3 Å². The molecule has 0 saturated carbocycles. The molecule has 2 aromatic rings. The summed E-state index contributed by atoms with van der Waals surface area (Å²) < 4.78 is 28.5. The first-order valence-electron chi connectivity index (χ1n) is 6.34. The fraction of sp³-hybridized carbons (Fsp3) is 0.250. The highest BCUT2D eigenvalue weighted by atomic mass is 35.5. The minimum absolute atomic E-state index is 0.101. The van der Waals surface area contributed by atoms with E-state index in [2.05, 4.69) is 4.74 Å². The van der Waals surface area contributed by atoms with Gasteiger partial charge in [-0.05, 0) is 54.3 Å². The van der Waals surface area contributed by atoms with Gasteiger partial charge in [-0.25, -0.2) is 0 Å². The summed E-state index contributed by atoms with van der Waals surface area (Å²) in [6.45, 7) is 1.13. The number of rotatable bonds is 4. The van der Waals surface area contributed by atoms with E-state index in [1.165, 1.54) is 12.1 Å².